The Bertz CT molecular complexity index is 166. The summed E-state index contributed by atoms with van der Waals surface area (Å²) in [6, 6.07) is 0. The molecule has 0 saturated carbocycles. The topological polar surface area (TPSA) is 69.4 Å². The number of rotatable bonds is 5. The number of ether oxygens (including phenoxy) is 1. The van der Waals surface area contributed by atoms with Gasteiger partial charge in [0.1, 0.15) is 18.8 Å². The number of hydrogen-bond acceptors (Lipinski definition) is 4. The molecule has 0 spiro atoms. The normalized spacial score (nSPS) is 10.0. The van der Waals surface area contributed by atoms with Crippen molar-refractivity contribution in [1.82, 2.24) is 0 Å². The van der Waals surface area contributed by atoms with Crippen LogP contribution in [-0.4, -0.2) is 24.9 Å². The molecule has 0 amide bonds. The van der Waals surface area contributed by atoms with Crippen molar-refractivity contribution in [2.24, 2.45) is 11.7 Å². The summed E-state index contributed by atoms with van der Waals surface area (Å²) < 4.78 is 4.63. The van der Waals surface area contributed by atoms with Crippen molar-refractivity contribution < 1.29 is 14.3 Å². The van der Waals surface area contributed by atoms with Gasteiger partial charge < -0.3 is 10.5 Å². The first-order chi connectivity index (χ1) is 5.57. The van der Waals surface area contributed by atoms with Gasteiger partial charge in [-0.2, -0.15) is 0 Å². The van der Waals surface area contributed by atoms with Crippen molar-refractivity contribution in [2.45, 2.75) is 20.3 Å². The molecule has 4 nitrogen and oxygen atoms in total. The van der Waals surface area contributed by atoms with Crippen LogP contribution in [0, 0.1) is 5.92 Å². The maximum absolute atomic E-state index is 11.0. The van der Waals surface area contributed by atoms with Crippen LogP contribution in [-0.2, 0) is 14.3 Å². The number of hydrogen-bond donors (Lipinski definition) is 1. The van der Waals surface area contributed by atoms with Crippen LogP contribution in [0.5, 0.6) is 0 Å². The summed E-state index contributed by atoms with van der Waals surface area (Å²) >= 11 is 0. The fourth-order valence-electron chi connectivity index (χ4n) is 0.570. The average Bonchev–Trinajstić information content (AvgIpc) is 2.00. The predicted octanol–water partition coefficient (Wildman–Crippen LogP) is 0.104. The standard InChI is InChI=1S/C8H15NO3/c1-6(2)7(10)5-8(11)12-4-3-9/h6H,3-5,9H2,1-2H3. The third kappa shape index (κ3) is 4.85. The molecule has 0 fully saturated rings. The zero-order chi connectivity index (χ0) is 9.56. The quantitative estimate of drug-likeness (QED) is 0.473. The van der Waals surface area contributed by atoms with Crippen molar-refractivity contribution >= 4 is 11.8 Å². The van der Waals surface area contributed by atoms with E-state index in [1.807, 2.05) is 0 Å². The zero-order valence-electron chi connectivity index (χ0n) is 7.50. The van der Waals surface area contributed by atoms with Gasteiger partial charge in [0.05, 0.1) is 0 Å². The molecule has 0 rings (SSSR count). The maximum atomic E-state index is 11.0. The van der Waals surface area contributed by atoms with Crippen LogP contribution in [0.15, 0.2) is 0 Å². The van der Waals surface area contributed by atoms with E-state index in [-0.39, 0.29) is 24.7 Å². The van der Waals surface area contributed by atoms with E-state index < -0.39 is 5.97 Å². The maximum Gasteiger partial charge on any atom is 0.313 e. The molecule has 0 atom stereocenters. The summed E-state index contributed by atoms with van der Waals surface area (Å²) in [5.74, 6) is -0.702. The smallest absolute Gasteiger partial charge is 0.313 e. The first-order valence-corrected chi connectivity index (χ1v) is 3.96. The van der Waals surface area contributed by atoms with Gasteiger partial charge in [0, 0.05) is 12.5 Å². The van der Waals surface area contributed by atoms with Crippen LogP contribution in [0.3, 0.4) is 0 Å². The molecule has 12 heavy (non-hydrogen) atoms. The molecule has 0 heterocycles. The van der Waals surface area contributed by atoms with Crippen LogP contribution >= 0.6 is 0 Å². The molecular formula is C8H15NO3. The Morgan fingerprint density at radius 3 is 2.42 bits per heavy atom. The molecule has 0 aliphatic rings. The van der Waals surface area contributed by atoms with Gasteiger partial charge in [-0.15, -0.1) is 0 Å². The summed E-state index contributed by atoms with van der Waals surface area (Å²) in [5.41, 5.74) is 5.11. The highest BCUT2D eigenvalue weighted by Crippen LogP contribution is 1.99. The van der Waals surface area contributed by atoms with Crippen molar-refractivity contribution in [3.05, 3.63) is 0 Å². The van der Waals surface area contributed by atoms with Crippen molar-refractivity contribution in [1.29, 1.82) is 0 Å². The molecule has 0 saturated heterocycles. The van der Waals surface area contributed by atoms with Gasteiger partial charge in [-0.1, -0.05) is 13.8 Å². The van der Waals surface area contributed by atoms with E-state index in [1.54, 1.807) is 13.8 Å². The molecule has 0 aliphatic carbocycles. The Labute approximate surface area is 72.1 Å². The summed E-state index contributed by atoms with van der Waals surface area (Å²) in [6.45, 7) is 3.98. The van der Waals surface area contributed by atoms with Gasteiger partial charge in [-0.25, -0.2) is 0 Å². The molecule has 0 radical (unpaired) electrons. The van der Waals surface area contributed by atoms with E-state index >= 15 is 0 Å². The minimum absolute atomic E-state index is 0.1000. The molecule has 0 unspecified atom stereocenters. The Balaban J connectivity index is 3.62. The number of carbonyl (C=O) groups excluding carboxylic acids is 2. The van der Waals surface area contributed by atoms with E-state index in [0.717, 1.165) is 0 Å². The summed E-state index contributed by atoms with van der Waals surface area (Å²) in [4.78, 5) is 21.8. The number of Topliss-reactive ketones (excluding diaryl/α,β-unsaturated/α-hetero) is 1. The summed E-state index contributed by atoms with van der Waals surface area (Å²) in [5, 5.41) is 0. The lowest BCUT2D eigenvalue weighted by Gasteiger charge is -2.03. The van der Waals surface area contributed by atoms with E-state index in [1.165, 1.54) is 0 Å². The third-order valence-corrected chi connectivity index (χ3v) is 1.34. The number of esters is 1. The number of carbonyl (C=O) groups is 2. The summed E-state index contributed by atoms with van der Waals surface area (Å²) in [6.07, 6.45) is -0.141. The van der Waals surface area contributed by atoms with Crippen LogP contribution in [0.2, 0.25) is 0 Å². The van der Waals surface area contributed by atoms with Gasteiger partial charge in [0.15, 0.2) is 0 Å². The highest BCUT2D eigenvalue weighted by Gasteiger charge is 2.13. The first kappa shape index (κ1) is 11.1. The minimum Gasteiger partial charge on any atom is -0.464 e. The Hall–Kier alpha value is -0.900. The van der Waals surface area contributed by atoms with E-state index in [4.69, 9.17) is 5.73 Å². The van der Waals surface area contributed by atoms with Gasteiger partial charge in [0.2, 0.25) is 0 Å². The SMILES string of the molecule is CC(C)C(=O)CC(=O)OCCN. The minimum atomic E-state index is -0.487. The second kappa shape index (κ2) is 5.71. The van der Waals surface area contributed by atoms with Gasteiger partial charge in [0.25, 0.3) is 0 Å². The lowest BCUT2D eigenvalue weighted by Crippen LogP contribution is -2.18. The predicted molar refractivity (Wildman–Crippen MR) is 44.5 cm³/mol. The van der Waals surface area contributed by atoms with E-state index in [9.17, 15) is 9.59 Å². The molecule has 0 aromatic carbocycles. The Kier molecular flexibility index (Phi) is 5.28. The second-order valence-corrected chi connectivity index (χ2v) is 2.81. The number of ketones is 1. The fourth-order valence-corrected chi connectivity index (χ4v) is 0.570. The first-order valence-electron chi connectivity index (χ1n) is 3.96. The monoisotopic (exact) mass is 173 g/mol. The molecule has 2 N–H and O–H groups in total. The zero-order valence-corrected chi connectivity index (χ0v) is 7.50. The highest BCUT2D eigenvalue weighted by atomic mass is 16.5. The van der Waals surface area contributed by atoms with Gasteiger partial charge >= 0.3 is 5.97 Å². The largest absolute Gasteiger partial charge is 0.464 e. The number of nitrogens with two attached hydrogens (primary N) is 1. The molecular weight excluding hydrogens is 158 g/mol. The van der Waals surface area contributed by atoms with E-state index in [2.05, 4.69) is 4.74 Å². The lowest BCUT2D eigenvalue weighted by molar-refractivity contribution is -0.146. The fraction of sp³-hybridized carbons (Fsp3) is 0.750. The van der Waals surface area contributed by atoms with Crippen molar-refractivity contribution in [2.75, 3.05) is 13.2 Å². The van der Waals surface area contributed by atoms with Crippen LogP contribution in [0.4, 0.5) is 0 Å². The lowest BCUT2D eigenvalue weighted by atomic mass is 10.1. The molecule has 0 aromatic rings. The van der Waals surface area contributed by atoms with Gasteiger partial charge in [-0.05, 0) is 0 Å². The molecule has 4 heteroatoms. The van der Waals surface area contributed by atoms with Crippen molar-refractivity contribution in [3.63, 3.8) is 0 Å². The van der Waals surface area contributed by atoms with E-state index in [0.29, 0.717) is 6.54 Å². The molecule has 0 aromatic heterocycles. The molecule has 0 aliphatic heterocycles. The van der Waals surface area contributed by atoms with Crippen LogP contribution in [0.25, 0.3) is 0 Å². The van der Waals surface area contributed by atoms with Crippen LogP contribution < -0.4 is 5.73 Å². The highest BCUT2D eigenvalue weighted by molar-refractivity contribution is 5.96. The Morgan fingerprint density at radius 2 is 2.00 bits per heavy atom. The van der Waals surface area contributed by atoms with Crippen molar-refractivity contribution in [3.8, 4) is 0 Å². The molecule has 70 valence electrons. The summed E-state index contributed by atoms with van der Waals surface area (Å²) in [7, 11) is 0. The Morgan fingerprint density at radius 1 is 1.42 bits per heavy atom. The average molecular weight is 173 g/mol. The van der Waals surface area contributed by atoms with Gasteiger partial charge in [-0.3, -0.25) is 9.59 Å². The molecule has 0 bridgehead atoms. The second-order valence-electron chi connectivity index (χ2n) is 2.81. The third-order valence-electron chi connectivity index (χ3n) is 1.34. The van der Waals surface area contributed by atoms with Crippen LogP contribution in [0.1, 0.15) is 20.3 Å².